The van der Waals surface area contributed by atoms with Crippen molar-refractivity contribution in [1.82, 2.24) is 5.32 Å². The molecule has 0 bridgehead atoms. The van der Waals surface area contributed by atoms with Gasteiger partial charge in [-0.3, -0.25) is 14.2 Å². The molecule has 0 aromatic carbocycles. The van der Waals surface area contributed by atoms with Gasteiger partial charge in [-0.15, -0.1) is 0 Å². The molecular formula is C72H133N2O7P. The standard InChI is InChI=1S/C72H133N2O7P/c1-7-10-13-16-19-22-25-28-30-32-33-34-35-36-37-38-39-40-41-43-44-46-49-52-55-58-61-64-71(75)73-69(68-80-82(77,78)79-67-66-74(4,5)6)70(63-60-57-54-51-48-27-24-21-18-15-12-9-3)81-72(76)65-62-59-56-53-50-47-45-42-31-29-26-23-20-17-14-11-8-2/h10,13,19,22,28,30,33-34,36-37,60,63,69-70H,7-9,11-12,14-18,20-21,23-27,29,31-32,35,38-59,61-62,64-68H2,1-6H3,(H-,73,75,77,78)/b13-10-,22-19-,30-28-,34-33-,37-36-,63-60-. The van der Waals surface area contributed by atoms with Crippen LogP contribution in [0.25, 0.3) is 0 Å². The molecule has 0 aliphatic heterocycles. The van der Waals surface area contributed by atoms with E-state index in [4.69, 9.17) is 13.8 Å². The SMILES string of the molecule is CC/C=C\C/C=C\C/C=C\C/C=C\C/C=C\CCCCCCCCCCCCCC(=O)NC(COP(=O)([O-])OCC[N+](C)(C)C)C(/C=C\CCCCCCCCCCCC)OC(=O)CCCCCCCCCCCCCCCCCCC. The van der Waals surface area contributed by atoms with Crippen molar-refractivity contribution in [2.75, 3.05) is 40.9 Å². The lowest BCUT2D eigenvalue weighted by Gasteiger charge is -2.30. The Balaban J connectivity index is 5.05. The largest absolute Gasteiger partial charge is 0.756 e. The summed E-state index contributed by atoms with van der Waals surface area (Å²) in [6, 6.07) is -0.890. The van der Waals surface area contributed by atoms with E-state index in [0.29, 0.717) is 17.4 Å². The number of hydrogen-bond acceptors (Lipinski definition) is 7. The Bertz CT molecular complexity index is 1630. The summed E-state index contributed by atoms with van der Waals surface area (Å²) in [7, 11) is 1.19. The Morgan fingerprint density at radius 1 is 0.439 bits per heavy atom. The third-order valence-electron chi connectivity index (χ3n) is 15.4. The van der Waals surface area contributed by atoms with Crippen LogP contribution in [0.5, 0.6) is 0 Å². The molecule has 0 aliphatic rings. The van der Waals surface area contributed by atoms with E-state index in [0.717, 1.165) is 96.3 Å². The van der Waals surface area contributed by atoms with Gasteiger partial charge in [-0.25, -0.2) is 0 Å². The molecule has 9 nitrogen and oxygen atoms in total. The van der Waals surface area contributed by atoms with Gasteiger partial charge in [0, 0.05) is 12.8 Å². The molecule has 0 aliphatic carbocycles. The number of esters is 1. The first kappa shape index (κ1) is 79.5. The molecule has 0 spiro atoms. The molecule has 0 rings (SSSR count). The maximum atomic E-state index is 13.6. The molecule has 1 amide bonds. The van der Waals surface area contributed by atoms with Crippen LogP contribution < -0.4 is 10.2 Å². The first-order valence-corrected chi connectivity index (χ1v) is 36.2. The number of carbonyl (C=O) groups excluding carboxylic acids is 2. The Morgan fingerprint density at radius 2 is 0.780 bits per heavy atom. The second-order valence-corrected chi connectivity index (χ2v) is 26.1. The molecule has 478 valence electrons. The minimum absolute atomic E-state index is 0.0230. The summed E-state index contributed by atoms with van der Waals surface area (Å²) in [4.78, 5) is 40.1. The fraction of sp³-hybridized carbons (Fsp3) is 0.806. The predicted octanol–water partition coefficient (Wildman–Crippen LogP) is 21.3. The van der Waals surface area contributed by atoms with Crippen LogP contribution in [0.4, 0.5) is 0 Å². The van der Waals surface area contributed by atoms with Gasteiger partial charge in [0.05, 0.1) is 33.8 Å². The van der Waals surface area contributed by atoms with Gasteiger partial charge in [-0.05, 0) is 76.7 Å². The van der Waals surface area contributed by atoms with Gasteiger partial charge in [-0.1, -0.05) is 306 Å². The summed E-state index contributed by atoms with van der Waals surface area (Å²) in [5.41, 5.74) is 0. The van der Waals surface area contributed by atoms with Crippen molar-refractivity contribution in [3.63, 3.8) is 0 Å². The van der Waals surface area contributed by atoms with Gasteiger partial charge in [0.2, 0.25) is 5.91 Å². The van der Waals surface area contributed by atoms with Crippen LogP contribution in [0.2, 0.25) is 0 Å². The van der Waals surface area contributed by atoms with Crippen LogP contribution in [0.15, 0.2) is 72.9 Å². The van der Waals surface area contributed by atoms with Gasteiger partial charge in [0.25, 0.3) is 7.82 Å². The van der Waals surface area contributed by atoms with E-state index in [1.807, 2.05) is 33.3 Å². The Hall–Kier alpha value is -2.55. The first-order valence-electron chi connectivity index (χ1n) is 34.7. The summed E-state index contributed by atoms with van der Waals surface area (Å²) in [6.45, 7) is 6.76. The monoisotopic (exact) mass is 1170 g/mol. The van der Waals surface area contributed by atoms with Gasteiger partial charge in [0.1, 0.15) is 19.3 Å². The first-order chi connectivity index (χ1) is 39.9. The maximum absolute atomic E-state index is 13.6. The molecule has 0 aromatic rings. The number of phosphoric ester groups is 1. The van der Waals surface area contributed by atoms with Crippen molar-refractivity contribution in [3.8, 4) is 0 Å². The van der Waals surface area contributed by atoms with Gasteiger partial charge in [0.15, 0.2) is 0 Å². The molecule has 10 heteroatoms. The van der Waals surface area contributed by atoms with Crippen molar-refractivity contribution in [2.24, 2.45) is 0 Å². The van der Waals surface area contributed by atoms with E-state index >= 15 is 0 Å². The highest BCUT2D eigenvalue weighted by Crippen LogP contribution is 2.38. The predicted molar refractivity (Wildman–Crippen MR) is 353 cm³/mol. The molecule has 0 saturated heterocycles. The van der Waals surface area contributed by atoms with Crippen LogP contribution in [0.1, 0.15) is 323 Å². The number of allylic oxidation sites excluding steroid dienone is 11. The van der Waals surface area contributed by atoms with Crippen molar-refractivity contribution in [1.29, 1.82) is 0 Å². The summed E-state index contributed by atoms with van der Waals surface area (Å²) in [6.07, 6.45) is 80.2. The van der Waals surface area contributed by atoms with Crippen LogP contribution in [0, 0.1) is 0 Å². The van der Waals surface area contributed by atoms with Crippen molar-refractivity contribution in [2.45, 2.75) is 335 Å². The number of ether oxygens (including phenoxy) is 1. The number of unbranched alkanes of at least 4 members (excludes halogenated alkanes) is 37. The lowest BCUT2D eigenvalue weighted by atomic mass is 10.0. The van der Waals surface area contributed by atoms with E-state index in [9.17, 15) is 19.0 Å². The molecule has 3 unspecified atom stereocenters. The molecule has 0 saturated carbocycles. The third-order valence-corrected chi connectivity index (χ3v) is 16.4. The zero-order chi connectivity index (χ0) is 60.0. The van der Waals surface area contributed by atoms with Crippen molar-refractivity contribution in [3.05, 3.63) is 72.9 Å². The van der Waals surface area contributed by atoms with Crippen molar-refractivity contribution < 1.29 is 37.3 Å². The summed E-state index contributed by atoms with van der Waals surface area (Å²) in [5, 5.41) is 3.04. The van der Waals surface area contributed by atoms with E-state index in [1.54, 1.807) is 0 Å². The minimum atomic E-state index is -4.70. The van der Waals surface area contributed by atoms with E-state index < -0.39 is 20.0 Å². The zero-order valence-corrected chi connectivity index (χ0v) is 55.6. The average Bonchev–Trinajstić information content (AvgIpc) is 3.47. The number of rotatable bonds is 63. The number of likely N-dealkylation sites (N-methyl/N-ethyl adjacent to an activating group) is 1. The highest BCUT2D eigenvalue weighted by atomic mass is 31.2. The van der Waals surface area contributed by atoms with Crippen LogP contribution in [0.3, 0.4) is 0 Å². The molecule has 1 N–H and O–H groups in total. The van der Waals surface area contributed by atoms with Crippen LogP contribution >= 0.6 is 7.82 Å². The molecule has 0 radical (unpaired) electrons. The number of phosphoric acid groups is 1. The number of nitrogens with zero attached hydrogens (tertiary/aromatic N) is 1. The molecule has 3 atom stereocenters. The molecule has 0 fully saturated rings. The Morgan fingerprint density at radius 3 is 1.17 bits per heavy atom. The van der Waals surface area contributed by atoms with Gasteiger partial charge in [-0.2, -0.15) is 0 Å². The second kappa shape index (κ2) is 61.5. The number of nitrogens with one attached hydrogen (secondary N) is 1. The minimum Gasteiger partial charge on any atom is -0.756 e. The third kappa shape index (κ3) is 62.0. The summed E-state index contributed by atoms with van der Waals surface area (Å²) >= 11 is 0. The van der Waals surface area contributed by atoms with Gasteiger partial charge >= 0.3 is 5.97 Å². The summed E-state index contributed by atoms with van der Waals surface area (Å²) < 4.78 is 30.4. The topological polar surface area (TPSA) is 114 Å². The number of quaternary nitrogens is 1. The fourth-order valence-electron chi connectivity index (χ4n) is 10.1. The van der Waals surface area contributed by atoms with E-state index in [-0.39, 0.29) is 31.5 Å². The quantitative estimate of drug-likeness (QED) is 0.0212. The van der Waals surface area contributed by atoms with E-state index in [2.05, 4.69) is 86.8 Å². The molecule has 82 heavy (non-hydrogen) atoms. The smallest absolute Gasteiger partial charge is 0.306 e. The molecular weight excluding hydrogens is 1040 g/mol. The Kier molecular flexibility index (Phi) is 59.6. The number of amides is 1. The normalized spacial score (nSPS) is 14.0. The average molecular weight is 1170 g/mol. The van der Waals surface area contributed by atoms with E-state index in [1.165, 1.54) is 193 Å². The maximum Gasteiger partial charge on any atom is 0.306 e. The van der Waals surface area contributed by atoms with Crippen molar-refractivity contribution >= 4 is 19.7 Å². The highest BCUT2D eigenvalue weighted by Gasteiger charge is 2.27. The lowest BCUT2D eigenvalue weighted by Crippen LogP contribution is -2.47. The lowest BCUT2D eigenvalue weighted by molar-refractivity contribution is -0.870. The van der Waals surface area contributed by atoms with Crippen LogP contribution in [-0.2, 0) is 27.9 Å². The number of carbonyl (C=O) groups is 2. The Labute approximate surface area is 508 Å². The van der Waals surface area contributed by atoms with Crippen LogP contribution in [-0.4, -0.2) is 69.4 Å². The molecule has 0 aromatic heterocycles. The van der Waals surface area contributed by atoms with Gasteiger partial charge < -0.3 is 28.5 Å². The highest BCUT2D eigenvalue weighted by molar-refractivity contribution is 7.45. The summed E-state index contributed by atoms with van der Waals surface area (Å²) in [5.74, 6) is -0.533. The zero-order valence-electron chi connectivity index (χ0n) is 54.7. The number of hydrogen-bond donors (Lipinski definition) is 1. The molecule has 0 heterocycles. The fourth-order valence-corrected chi connectivity index (χ4v) is 10.8. The second-order valence-electron chi connectivity index (χ2n) is 24.7.